The Morgan fingerprint density at radius 3 is 1.25 bits per heavy atom. The predicted octanol–water partition coefficient (Wildman–Crippen LogP) is 14.2. The van der Waals surface area contributed by atoms with Crippen molar-refractivity contribution in [3.8, 4) is 0 Å². The van der Waals surface area contributed by atoms with Gasteiger partial charge in [-0.3, -0.25) is 29.1 Å². The Balaban J connectivity index is 0.000000164. The molecule has 7 unspecified atom stereocenters. The largest absolute Gasteiger partial charge is 0.465 e. The van der Waals surface area contributed by atoms with E-state index in [4.69, 9.17) is 61.3 Å². The van der Waals surface area contributed by atoms with Gasteiger partial charge in [0.15, 0.2) is 28.4 Å². The minimum Gasteiger partial charge on any atom is -0.465 e. The number of fused-ring (bicyclic) bond motifs is 8. The number of aromatic nitrogens is 12. The molecule has 38 heteroatoms. The Morgan fingerprint density at radius 1 is 0.412 bits per heavy atom. The number of amides is 5. The molecule has 7 aliphatic rings. The average molecular weight is 1860 g/mol. The van der Waals surface area contributed by atoms with Crippen molar-refractivity contribution in [3.63, 3.8) is 0 Å². The van der Waals surface area contributed by atoms with Crippen LogP contribution in [0.2, 0.25) is 10.3 Å². The Kier molecular flexibility index (Phi) is 34.2. The van der Waals surface area contributed by atoms with Gasteiger partial charge in [-0.2, -0.15) is 19.8 Å². The van der Waals surface area contributed by atoms with E-state index in [9.17, 15) is 47.9 Å². The lowest BCUT2D eigenvalue weighted by molar-refractivity contribution is -0.153. The molecule has 15 heterocycles. The molecule has 8 aromatic heterocycles. The average Bonchev–Trinajstić information content (AvgIpc) is 1.72. The van der Waals surface area contributed by atoms with Crippen molar-refractivity contribution in [3.05, 3.63) is 115 Å². The zero-order chi connectivity index (χ0) is 96.1. The van der Waals surface area contributed by atoms with Crippen LogP contribution in [0.5, 0.6) is 0 Å². The van der Waals surface area contributed by atoms with Gasteiger partial charge >= 0.3 is 42.4 Å². The number of esters is 2. The number of Topliss-reactive ketones (excluding diaryl/α,β-unsaturated/α-hetero) is 2. The molecule has 3 fully saturated rings. The van der Waals surface area contributed by atoms with E-state index in [-0.39, 0.29) is 98.7 Å². The van der Waals surface area contributed by atoms with E-state index >= 15 is 0 Å². The van der Waals surface area contributed by atoms with Gasteiger partial charge in [-0.1, -0.05) is 57.8 Å². The Labute approximate surface area is 776 Å². The Bertz CT molecular complexity index is 5430. The summed E-state index contributed by atoms with van der Waals surface area (Å²) in [5.41, 5.74) is 8.19. The molecule has 7 atom stereocenters. The van der Waals surface area contributed by atoms with Gasteiger partial charge in [0.05, 0.1) is 54.6 Å². The molecule has 8 aromatic rings. The van der Waals surface area contributed by atoms with Crippen LogP contribution in [0, 0.1) is 17.8 Å². The fourth-order valence-corrected chi connectivity index (χ4v) is 17.1. The highest BCUT2D eigenvalue weighted by atomic mass is 35.5. The van der Waals surface area contributed by atoms with E-state index in [1.165, 1.54) is 45.0 Å². The van der Waals surface area contributed by atoms with Gasteiger partial charge in [0.25, 0.3) is 5.56 Å². The summed E-state index contributed by atoms with van der Waals surface area (Å²) >= 11 is 12.9. The van der Waals surface area contributed by atoms with Crippen molar-refractivity contribution in [1.29, 1.82) is 0 Å². The Morgan fingerprint density at radius 2 is 0.779 bits per heavy atom. The van der Waals surface area contributed by atoms with Crippen molar-refractivity contribution in [2.75, 3.05) is 110 Å². The van der Waals surface area contributed by atoms with E-state index in [0.717, 1.165) is 89.9 Å². The normalized spacial score (nSPS) is 20.4. The van der Waals surface area contributed by atoms with Crippen molar-refractivity contribution in [2.24, 2.45) is 17.8 Å². The van der Waals surface area contributed by atoms with Crippen LogP contribution >= 0.6 is 23.2 Å². The third-order valence-corrected chi connectivity index (χ3v) is 23.3. The first-order valence-electron chi connectivity index (χ1n) is 45.8. The number of ketones is 2. The number of H-pyrrole nitrogens is 1. The quantitative estimate of drug-likeness (QED) is 0.0699. The maximum absolute atomic E-state index is 12.7. The number of halogens is 2. The number of carbonyl (C=O) groups excluding carboxylic acids is 9. The second-order valence-electron chi connectivity index (χ2n) is 39.3. The molecule has 7 aliphatic heterocycles. The first kappa shape index (κ1) is 102. The number of piperidine rings is 1. The topological polar surface area (TPSA) is 390 Å². The van der Waals surface area contributed by atoms with Crippen LogP contribution < -0.4 is 15.8 Å². The van der Waals surface area contributed by atoms with Crippen LogP contribution in [0.15, 0.2) is 53.8 Å². The van der Waals surface area contributed by atoms with E-state index in [1.807, 2.05) is 103 Å². The van der Waals surface area contributed by atoms with Crippen LogP contribution in [0.4, 0.5) is 29.8 Å². The van der Waals surface area contributed by atoms with Gasteiger partial charge < -0.3 is 67.9 Å². The molecule has 0 aliphatic carbocycles. The molecule has 0 spiro atoms. The highest BCUT2D eigenvalue weighted by Gasteiger charge is 2.41. The molecule has 131 heavy (non-hydrogen) atoms. The summed E-state index contributed by atoms with van der Waals surface area (Å²) < 4.78 is 43.7. The number of nitrogens with zero attached hydrogens (tertiary/aromatic N) is 17. The molecule has 0 radical (unpaired) electrons. The zero-order valence-electron chi connectivity index (χ0n) is 80.3. The number of nitrogens with one attached hydrogen (secondary N) is 2. The zero-order valence-corrected chi connectivity index (χ0v) is 81.9. The van der Waals surface area contributed by atoms with E-state index in [1.54, 1.807) is 106 Å². The first-order chi connectivity index (χ1) is 61.5. The van der Waals surface area contributed by atoms with Crippen LogP contribution in [-0.2, 0) is 78.0 Å². The molecule has 15 rings (SSSR count). The lowest BCUT2D eigenvalue weighted by atomic mass is 9.93. The fourth-order valence-electron chi connectivity index (χ4n) is 16.5. The molecule has 36 nitrogen and oxygen atoms in total. The minimum absolute atomic E-state index is 0.0207. The first-order valence-corrected chi connectivity index (χ1v) is 46.5. The van der Waals surface area contributed by atoms with Crippen LogP contribution in [-0.4, -0.2) is 270 Å². The van der Waals surface area contributed by atoms with Crippen molar-refractivity contribution in [1.82, 2.24) is 88.2 Å². The van der Waals surface area contributed by atoms with Crippen LogP contribution in [0.3, 0.4) is 0 Å². The van der Waals surface area contributed by atoms with Crippen molar-refractivity contribution >= 4 is 106 Å². The second-order valence-corrected chi connectivity index (χ2v) is 40.0. The van der Waals surface area contributed by atoms with E-state index in [2.05, 4.69) is 66.3 Å². The molecular weight excluding hydrogens is 1730 g/mol. The van der Waals surface area contributed by atoms with Gasteiger partial charge in [0.2, 0.25) is 0 Å². The van der Waals surface area contributed by atoms with Crippen molar-refractivity contribution in [2.45, 2.75) is 268 Å². The predicted molar refractivity (Wildman–Crippen MR) is 495 cm³/mol. The fraction of sp³-hybridized carbons (Fsp3) is 0.645. The summed E-state index contributed by atoms with van der Waals surface area (Å²) in [4.78, 5) is 151. The minimum atomic E-state index is -0.785. The number of likely N-dealkylation sites (tertiary alicyclic amines) is 2. The van der Waals surface area contributed by atoms with Crippen LogP contribution in [0.25, 0.3) is 22.6 Å². The van der Waals surface area contributed by atoms with Crippen LogP contribution in [0.1, 0.15) is 260 Å². The molecule has 3 saturated heterocycles. The maximum atomic E-state index is 12.7. The number of hydrogen-bond acceptors (Lipinski definition) is 26. The van der Waals surface area contributed by atoms with Gasteiger partial charge in [0, 0.05) is 174 Å². The van der Waals surface area contributed by atoms with E-state index < -0.39 is 69.9 Å². The highest BCUT2D eigenvalue weighted by Crippen LogP contribution is 2.37. The third kappa shape index (κ3) is 27.3. The van der Waals surface area contributed by atoms with Crippen molar-refractivity contribution < 1.29 is 76.3 Å². The smallest absolute Gasteiger partial charge is 0.410 e. The van der Waals surface area contributed by atoms with Gasteiger partial charge in [-0.25, -0.2) is 57.5 Å². The second kappa shape index (κ2) is 43.7. The van der Waals surface area contributed by atoms with Gasteiger partial charge in [0.1, 0.15) is 61.7 Å². The molecule has 5 amide bonds. The number of carbonyl (C=O) groups is 9. The SMILES string of the molecule is CC1CN(C(=O)OC(C)(C)C)CCc2c1nc1cc[nH]n1c2=O.CC1CN(C(=O)OC(C)(C)C)CCc2c1nc1ccnn1c2Cl.CC1CN(C(=O)OC(C)(C)C)CCc2c1nc1ccnn1c2N1CCCCC1.CC1CNCCc2c1nc1ccnn1c2Cl.CCOC(=O)C1CCN(C(=O)OC(C)(C)C)CC(C)C1=O.CCOC(=O)C1CCN(C(=O)OC(C)(C)C)CCC1=O. The molecule has 0 saturated carbocycles. The van der Waals surface area contributed by atoms with E-state index in [0.29, 0.717) is 92.6 Å². The summed E-state index contributed by atoms with van der Waals surface area (Å²) in [7, 11) is 0. The Hall–Kier alpha value is -10.7. The molecular formula is C93H135Cl2N19O17. The standard InChI is InChI=1S/C21H31N5O2.C16H21ClN4O2.C16H22N4O3.C15H25NO5.C14H23NO5.C11H13ClN4/c1-15-14-25(20(27)28-21(2,3)4)13-9-16-18(15)23-17-8-10-22-26(17)19(16)24-11-6-5-7-12-24;1-10-9-20(15(22)23-16(2,3)4)8-6-11-13(10)19-12-5-7-18-21(12)14(11)17;1-10-9-19(15(22)23-16(2,3)4)8-6-11-13(10)18-12-5-7-17-20(12)14(11)21;1-6-20-13(18)11-7-8-16(9-10(2)12(11)17)14(19)21-15(3,4)5;1-5-19-12(17)10-6-8-15(9-7-11(10)16)13(18)20-14(2,3)4;1-7-6-13-4-2-8-10(7)15-9-3-5-14-16(9)11(8)12/h8,10,15H,5-7,9,11-14H2,1-4H3;5,7,10H,6,8-9H2,1-4H3;5,7,10,17H,6,8-9H2,1-4H3;10-11H,6-9H2,1-5H3;10H,5-9H2,1-4H3;3,5,7,13H,2,4,6H2,1H3. The highest BCUT2D eigenvalue weighted by molar-refractivity contribution is 6.31. The van der Waals surface area contributed by atoms with Gasteiger partial charge in [-0.15, -0.1) is 0 Å². The number of ether oxygens (including phenoxy) is 7. The summed E-state index contributed by atoms with van der Waals surface area (Å²) in [6, 6.07) is 7.45. The molecule has 0 bridgehead atoms. The monoisotopic (exact) mass is 1860 g/mol. The maximum Gasteiger partial charge on any atom is 0.410 e. The lowest BCUT2D eigenvalue weighted by Gasteiger charge is -2.31. The number of anilines is 1. The van der Waals surface area contributed by atoms with Gasteiger partial charge in [-0.05, 0) is 182 Å². The summed E-state index contributed by atoms with van der Waals surface area (Å²) in [6.45, 7) is 50.1. The number of rotatable bonds is 5. The number of aromatic amines is 1. The summed E-state index contributed by atoms with van der Waals surface area (Å²) in [5, 5.41) is 20.5. The summed E-state index contributed by atoms with van der Waals surface area (Å²) in [6.07, 6.45) is 12.4. The molecule has 0 aromatic carbocycles. The third-order valence-electron chi connectivity index (χ3n) is 22.5. The lowest BCUT2D eigenvalue weighted by Crippen LogP contribution is -2.39. The number of hydrogen-bond donors (Lipinski definition) is 2. The molecule has 2 N–H and O–H groups in total. The molecule has 718 valence electrons. The summed E-state index contributed by atoms with van der Waals surface area (Å²) in [5.74, 6) is -1.52.